The Kier molecular flexibility index (Phi) is 9.24. The molecule has 0 radical (unpaired) electrons. The number of hydrogen-bond donors (Lipinski definition) is 2. The van der Waals surface area contributed by atoms with Crippen LogP contribution in [0.15, 0.2) is 96.7 Å². The Morgan fingerprint density at radius 1 is 0.909 bits per heavy atom. The predicted octanol–water partition coefficient (Wildman–Crippen LogP) is 8.10. The van der Waals surface area contributed by atoms with E-state index in [1.165, 1.54) is 17.7 Å². The normalized spacial score (nSPS) is 14.6. The van der Waals surface area contributed by atoms with Crippen molar-refractivity contribution in [2.45, 2.75) is 50.6 Å². The van der Waals surface area contributed by atoms with Crippen LogP contribution in [-0.2, 0) is 25.6 Å². The van der Waals surface area contributed by atoms with Crippen molar-refractivity contribution in [2.75, 3.05) is 11.9 Å². The lowest BCUT2D eigenvalue weighted by Gasteiger charge is -2.22. The number of fused-ring (bicyclic) bond motifs is 1. The monoisotopic (exact) mass is 611 g/mol. The van der Waals surface area contributed by atoms with E-state index >= 15 is 0 Å². The van der Waals surface area contributed by atoms with Crippen LogP contribution >= 0.6 is 0 Å². The summed E-state index contributed by atoms with van der Waals surface area (Å²) in [6, 6.07) is 19.9. The molecule has 1 heterocycles. The van der Waals surface area contributed by atoms with E-state index in [1.54, 1.807) is 18.2 Å². The van der Waals surface area contributed by atoms with Crippen LogP contribution in [0.2, 0.25) is 0 Å². The molecule has 4 aromatic rings. The van der Waals surface area contributed by atoms with E-state index in [9.17, 15) is 26.3 Å². The zero-order chi connectivity index (χ0) is 31.3. The van der Waals surface area contributed by atoms with Gasteiger partial charge in [0, 0.05) is 48.6 Å². The second-order valence-electron chi connectivity index (χ2n) is 10.7. The molecule has 0 amide bonds. The Balaban J connectivity index is 1.46. The van der Waals surface area contributed by atoms with Gasteiger partial charge in [0.1, 0.15) is 11.6 Å². The van der Waals surface area contributed by atoms with Crippen LogP contribution in [-0.4, -0.2) is 33.6 Å². The first-order valence-electron chi connectivity index (χ1n) is 14.2. The van der Waals surface area contributed by atoms with Crippen molar-refractivity contribution in [3.63, 3.8) is 0 Å². The maximum Gasteiger partial charge on any atom is 0.416 e. The fourth-order valence-electron chi connectivity index (χ4n) is 4.96. The number of nitrogens with zero attached hydrogens (tertiary/aromatic N) is 3. The highest BCUT2D eigenvalue weighted by atomic mass is 19.4. The van der Waals surface area contributed by atoms with Crippen LogP contribution < -0.4 is 11.1 Å². The highest BCUT2D eigenvalue weighted by Gasteiger charge is 2.33. The third kappa shape index (κ3) is 8.16. The molecule has 5 rings (SSSR count). The lowest BCUT2D eigenvalue weighted by molar-refractivity contribution is -0.137. The van der Waals surface area contributed by atoms with E-state index in [0.29, 0.717) is 52.8 Å². The number of benzene rings is 3. The second kappa shape index (κ2) is 13.1. The number of halogens is 6. The van der Waals surface area contributed by atoms with Crippen LogP contribution in [0.5, 0.6) is 0 Å². The summed E-state index contributed by atoms with van der Waals surface area (Å²) in [5.41, 5.74) is 6.09. The molecule has 3 aromatic carbocycles. The first kappa shape index (κ1) is 31.1. The SMILES string of the molecule is N/C=C\C=C(/Cc1ccc2c(Nc3ccc(C(F)(F)F)cc3)nc(CCN(Cc3ccccc3)C3CC3)nc2c1)C(F)(F)F. The van der Waals surface area contributed by atoms with E-state index < -0.39 is 29.9 Å². The van der Waals surface area contributed by atoms with Gasteiger partial charge in [-0.05, 0) is 72.6 Å². The number of aromatic nitrogens is 2. The molecule has 1 saturated carbocycles. The van der Waals surface area contributed by atoms with Gasteiger partial charge in [0.05, 0.1) is 11.1 Å². The number of anilines is 2. The summed E-state index contributed by atoms with van der Waals surface area (Å²) in [6.45, 7) is 1.43. The molecule has 1 aromatic heterocycles. The largest absolute Gasteiger partial charge is 0.416 e. The van der Waals surface area contributed by atoms with Gasteiger partial charge in [-0.2, -0.15) is 26.3 Å². The fourth-order valence-corrected chi connectivity index (χ4v) is 4.96. The van der Waals surface area contributed by atoms with Crippen LogP contribution in [0.1, 0.15) is 35.4 Å². The van der Waals surface area contributed by atoms with Crippen LogP contribution in [0.4, 0.5) is 37.8 Å². The molecule has 44 heavy (non-hydrogen) atoms. The summed E-state index contributed by atoms with van der Waals surface area (Å²) in [7, 11) is 0. The van der Waals surface area contributed by atoms with Gasteiger partial charge in [0.2, 0.25) is 0 Å². The van der Waals surface area contributed by atoms with E-state index in [4.69, 9.17) is 15.7 Å². The second-order valence-corrected chi connectivity index (χ2v) is 10.7. The van der Waals surface area contributed by atoms with Crippen molar-refractivity contribution in [1.82, 2.24) is 14.9 Å². The number of allylic oxidation sites excluding steroid dienone is 3. The molecule has 1 fully saturated rings. The van der Waals surface area contributed by atoms with Gasteiger partial charge in [-0.25, -0.2) is 9.97 Å². The highest BCUT2D eigenvalue weighted by molar-refractivity contribution is 5.91. The molecule has 11 heteroatoms. The molecule has 3 N–H and O–H groups in total. The third-order valence-corrected chi connectivity index (χ3v) is 7.36. The molecule has 5 nitrogen and oxygen atoms in total. The number of nitrogens with one attached hydrogen (secondary N) is 1. The quantitative estimate of drug-likeness (QED) is 0.133. The first-order valence-corrected chi connectivity index (χ1v) is 14.2. The molecule has 1 aliphatic rings. The van der Waals surface area contributed by atoms with Crippen LogP contribution in [0.25, 0.3) is 10.9 Å². The molecule has 0 aliphatic heterocycles. The van der Waals surface area contributed by atoms with Gasteiger partial charge in [-0.15, -0.1) is 0 Å². The van der Waals surface area contributed by atoms with Gasteiger partial charge >= 0.3 is 12.4 Å². The van der Waals surface area contributed by atoms with Gasteiger partial charge in [-0.3, -0.25) is 4.90 Å². The minimum absolute atomic E-state index is 0.356. The summed E-state index contributed by atoms with van der Waals surface area (Å²) in [6.07, 6.45) is -3.63. The topological polar surface area (TPSA) is 67.1 Å². The Morgan fingerprint density at radius 3 is 2.27 bits per heavy atom. The zero-order valence-corrected chi connectivity index (χ0v) is 23.7. The molecule has 1 aliphatic carbocycles. The molecule has 0 bridgehead atoms. The summed E-state index contributed by atoms with van der Waals surface area (Å²) >= 11 is 0. The average molecular weight is 612 g/mol. The van der Waals surface area contributed by atoms with Gasteiger partial charge < -0.3 is 11.1 Å². The standard InChI is InChI=1S/C33H31F6N5/c34-32(35,36)24-9-11-26(12-10-24)41-31-28-15-8-23(19-25(7-4-17-40)33(37,38)39)20-29(28)42-30(43-31)16-18-44(27-13-14-27)21-22-5-2-1-3-6-22/h1-12,15,17,20,27H,13-14,16,18-19,21,40H2,(H,41,42,43)/b17-4-,25-7+. The van der Waals surface area contributed by atoms with E-state index in [-0.39, 0.29) is 0 Å². The highest BCUT2D eigenvalue weighted by Crippen LogP contribution is 2.33. The van der Waals surface area contributed by atoms with Gasteiger partial charge in [-0.1, -0.05) is 42.5 Å². The lowest BCUT2D eigenvalue weighted by atomic mass is 10.0. The minimum Gasteiger partial charge on any atom is -0.405 e. The maximum atomic E-state index is 13.7. The number of hydrogen-bond acceptors (Lipinski definition) is 5. The summed E-state index contributed by atoms with van der Waals surface area (Å²) in [5, 5.41) is 3.62. The van der Waals surface area contributed by atoms with Crippen LogP contribution in [0, 0.1) is 0 Å². The van der Waals surface area contributed by atoms with Crippen molar-refractivity contribution in [3.05, 3.63) is 119 Å². The Morgan fingerprint density at radius 2 is 1.64 bits per heavy atom. The minimum atomic E-state index is -4.55. The predicted molar refractivity (Wildman–Crippen MR) is 159 cm³/mol. The molecule has 0 atom stereocenters. The van der Waals surface area contributed by atoms with E-state index in [1.807, 2.05) is 18.2 Å². The lowest BCUT2D eigenvalue weighted by Crippen LogP contribution is -2.28. The van der Waals surface area contributed by atoms with Crippen molar-refractivity contribution >= 4 is 22.4 Å². The number of nitrogens with two attached hydrogens (primary N) is 1. The Bertz CT molecular complexity index is 1630. The number of rotatable bonds is 11. The Hall–Kier alpha value is -4.38. The maximum absolute atomic E-state index is 13.7. The molecular weight excluding hydrogens is 580 g/mol. The molecule has 0 unspecified atom stereocenters. The van der Waals surface area contributed by atoms with Crippen molar-refractivity contribution in [2.24, 2.45) is 5.73 Å². The van der Waals surface area contributed by atoms with E-state index in [0.717, 1.165) is 49.9 Å². The molecular formula is C33H31F6N5. The summed E-state index contributed by atoms with van der Waals surface area (Å²) in [5.74, 6) is 0.829. The van der Waals surface area contributed by atoms with Crippen molar-refractivity contribution < 1.29 is 26.3 Å². The van der Waals surface area contributed by atoms with Crippen molar-refractivity contribution in [3.8, 4) is 0 Å². The average Bonchev–Trinajstić information content (AvgIpc) is 3.83. The van der Waals surface area contributed by atoms with Gasteiger partial charge in [0.15, 0.2) is 0 Å². The van der Waals surface area contributed by atoms with Crippen molar-refractivity contribution in [1.29, 1.82) is 0 Å². The molecule has 230 valence electrons. The summed E-state index contributed by atoms with van der Waals surface area (Å²) < 4.78 is 80.3. The fraction of sp³-hybridized carbons (Fsp3) is 0.273. The summed E-state index contributed by atoms with van der Waals surface area (Å²) in [4.78, 5) is 11.8. The molecule has 0 saturated heterocycles. The first-order chi connectivity index (χ1) is 21.0. The third-order valence-electron chi connectivity index (χ3n) is 7.36. The number of alkyl halides is 6. The van der Waals surface area contributed by atoms with Gasteiger partial charge in [0.25, 0.3) is 0 Å². The Labute approximate surface area is 251 Å². The van der Waals surface area contributed by atoms with Crippen LogP contribution in [0.3, 0.4) is 0 Å². The molecule has 0 spiro atoms. The van der Waals surface area contributed by atoms with E-state index in [2.05, 4.69) is 22.3 Å². The smallest absolute Gasteiger partial charge is 0.405 e. The zero-order valence-electron chi connectivity index (χ0n) is 23.7.